The van der Waals surface area contributed by atoms with Crippen molar-refractivity contribution in [3.63, 3.8) is 0 Å². The summed E-state index contributed by atoms with van der Waals surface area (Å²) in [4.78, 5) is 6.52. The minimum absolute atomic E-state index is 0.287. The van der Waals surface area contributed by atoms with E-state index in [2.05, 4.69) is 59.6 Å². The lowest BCUT2D eigenvalue weighted by atomic mass is 10.0. The second-order valence-electron chi connectivity index (χ2n) is 4.86. The molecule has 0 aliphatic heterocycles. The Morgan fingerprint density at radius 3 is 2.63 bits per heavy atom. The Kier molecular flexibility index (Phi) is 4.53. The van der Waals surface area contributed by atoms with Crippen molar-refractivity contribution in [1.29, 1.82) is 0 Å². The summed E-state index contributed by atoms with van der Waals surface area (Å²) in [7, 11) is 6.12. The molecule has 0 aliphatic rings. The van der Waals surface area contributed by atoms with Gasteiger partial charge in [-0.05, 0) is 36.9 Å². The molecule has 0 fully saturated rings. The third kappa shape index (κ3) is 3.55. The van der Waals surface area contributed by atoms with Crippen molar-refractivity contribution >= 4 is 5.69 Å². The molecule has 100 valence electrons. The van der Waals surface area contributed by atoms with E-state index in [1.54, 1.807) is 0 Å². The van der Waals surface area contributed by atoms with Gasteiger partial charge in [-0.3, -0.25) is 4.98 Å². The van der Waals surface area contributed by atoms with E-state index in [1.807, 2.05) is 25.4 Å². The number of likely N-dealkylation sites (N-methyl/N-ethyl adjacent to an activating group) is 1. The third-order valence-corrected chi connectivity index (χ3v) is 3.28. The van der Waals surface area contributed by atoms with E-state index in [4.69, 9.17) is 0 Å². The predicted octanol–water partition coefficient (Wildman–Crippen LogP) is 2.65. The minimum atomic E-state index is 0.287. The van der Waals surface area contributed by atoms with Crippen molar-refractivity contribution < 1.29 is 0 Å². The van der Waals surface area contributed by atoms with Crippen molar-refractivity contribution in [1.82, 2.24) is 10.3 Å². The lowest BCUT2D eigenvalue weighted by Crippen LogP contribution is -2.20. The van der Waals surface area contributed by atoms with E-state index >= 15 is 0 Å². The Hall–Kier alpha value is -1.87. The van der Waals surface area contributed by atoms with E-state index < -0.39 is 0 Å². The summed E-state index contributed by atoms with van der Waals surface area (Å²) in [5, 5.41) is 3.37. The molecule has 0 amide bonds. The number of rotatable bonds is 5. The van der Waals surface area contributed by atoms with Crippen molar-refractivity contribution in [2.24, 2.45) is 0 Å². The maximum Gasteiger partial charge on any atom is 0.0422 e. The molecular formula is C16H21N3. The quantitative estimate of drug-likeness (QED) is 0.890. The van der Waals surface area contributed by atoms with Gasteiger partial charge in [0.2, 0.25) is 0 Å². The average molecular weight is 255 g/mol. The van der Waals surface area contributed by atoms with Crippen LogP contribution in [0.25, 0.3) is 0 Å². The summed E-state index contributed by atoms with van der Waals surface area (Å²) in [6.45, 7) is 0. The molecule has 19 heavy (non-hydrogen) atoms. The smallest absolute Gasteiger partial charge is 0.0422 e. The maximum absolute atomic E-state index is 4.40. The zero-order chi connectivity index (χ0) is 13.7. The van der Waals surface area contributed by atoms with Gasteiger partial charge in [0, 0.05) is 44.1 Å². The topological polar surface area (TPSA) is 28.2 Å². The average Bonchev–Trinajstić information content (AvgIpc) is 2.46. The second-order valence-corrected chi connectivity index (χ2v) is 4.86. The third-order valence-electron chi connectivity index (χ3n) is 3.28. The van der Waals surface area contributed by atoms with Gasteiger partial charge >= 0.3 is 0 Å². The molecular weight excluding hydrogens is 234 g/mol. The fourth-order valence-electron chi connectivity index (χ4n) is 2.13. The standard InChI is InChI=1S/C16H21N3/c1-17-16(12-14-8-4-5-10-18-14)13-7-6-9-15(11-13)19(2)3/h4-11,16-17H,12H2,1-3H3. The molecule has 0 saturated carbocycles. The Balaban J connectivity index is 2.20. The molecule has 1 atom stereocenters. The van der Waals surface area contributed by atoms with E-state index in [1.165, 1.54) is 11.3 Å². The van der Waals surface area contributed by atoms with Crippen LogP contribution in [0.5, 0.6) is 0 Å². The van der Waals surface area contributed by atoms with Crippen molar-refractivity contribution in [2.45, 2.75) is 12.5 Å². The maximum atomic E-state index is 4.40. The van der Waals surface area contributed by atoms with Gasteiger partial charge in [-0.15, -0.1) is 0 Å². The Bertz CT molecular complexity index is 508. The summed E-state index contributed by atoms with van der Waals surface area (Å²) < 4.78 is 0. The number of hydrogen-bond donors (Lipinski definition) is 1. The van der Waals surface area contributed by atoms with Crippen LogP contribution in [0, 0.1) is 0 Å². The summed E-state index contributed by atoms with van der Waals surface area (Å²) in [5.74, 6) is 0. The summed E-state index contributed by atoms with van der Waals surface area (Å²) in [6, 6.07) is 15.0. The van der Waals surface area contributed by atoms with Crippen molar-refractivity contribution in [2.75, 3.05) is 26.0 Å². The van der Waals surface area contributed by atoms with E-state index in [0.29, 0.717) is 0 Å². The fourth-order valence-corrected chi connectivity index (χ4v) is 2.13. The molecule has 3 heteroatoms. The highest BCUT2D eigenvalue weighted by Gasteiger charge is 2.11. The second kappa shape index (κ2) is 6.34. The van der Waals surface area contributed by atoms with Gasteiger partial charge in [0.1, 0.15) is 0 Å². The molecule has 1 N–H and O–H groups in total. The van der Waals surface area contributed by atoms with Crippen LogP contribution >= 0.6 is 0 Å². The van der Waals surface area contributed by atoms with Crippen molar-refractivity contribution in [3.8, 4) is 0 Å². The van der Waals surface area contributed by atoms with Crippen LogP contribution in [0.4, 0.5) is 5.69 Å². The van der Waals surface area contributed by atoms with Gasteiger partial charge in [-0.25, -0.2) is 0 Å². The molecule has 0 spiro atoms. The summed E-state index contributed by atoms with van der Waals surface area (Å²) in [6.07, 6.45) is 2.74. The number of pyridine rings is 1. The lowest BCUT2D eigenvalue weighted by molar-refractivity contribution is 0.584. The van der Waals surface area contributed by atoms with Crippen LogP contribution in [0.2, 0.25) is 0 Å². The van der Waals surface area contributed by atoms with Crippen LogP contribution in [-0.2, 0) is 6.42 Å². The Morgan fingerprint density at radius 1 is 1.16 bits per heavy atom. The van der Waals surface area contributed by atoms with E-state index in [0.717, 1.165) is 12.1 Å². The normalized spacial score (nSPS) is 12.2. The molecule has 0 saturated heterocycles. The summed E-state index contributed by atoms with van der Waals surface area (Å²) in [5.41, 5.74) is 3.62. The predicted molar refractivity (Wildman–Crippen MR) is 80.5 cm³/mol. The lowest BCUT2D eigenvalue weighted by Gasteiger charge is -2.19. The fraction of sp³-hybridized carbons (Fsp3) is 0.312. The van der Waals surface area contributed by atoms with Crippen LogP contribution in [0.3, 0.4) is 0 Å². The van der Waals surface area contributed by atoms with Crippen molar-refractivity contribution in [3.05, 3.63) is 59.9 Å². The first kappa shape index (κ1) is 13.6. The zero-order valence-electron chi connectivity index (χ0n) is 11.8. The van der Waals surface area contributed by atoms with E-state index in [9.17, 15) is 0 Å². The molecule has 0 bridgehead atoms. The molecule has 1 heterocycles. The highest BCUT2D eigenvalue weighted by Crippen LogP contribution is 2.21. The molecule has 2 rings (SSSR count). The SMILES string of the molecule is CNC(Cc1ccccn1)c1cccc(N(C)C)c1. The first-order valence-electron chi connectivity index (χ1n) is 6.55. The first-order valence-corrected chi connectivity index (χ1v) is 6.55. The van der Waals surface area contributed by atoms with Gasteiger partial charge in [-0.2, -0.15) is 0 Å². The first-order chi connectivity index (χ1) is 9.20. The summed E-state index contributed by atoms with van der Waals surface area (Å²) >= 11 is 0. The van der Waals surface area contributed by atoms with Gasteiger partial charge in [0.05, 0.1) is 0 Å². The van der Waals surface area contributed by atoms with Crippen LogP contribution in [-0.4, -0.2) is 26.1 Å². The van der Waals surface area contributed by atoms with Crippen LogP contribution < -0.4 is 10.2 Å². The zero-order valence-corrected chi connectivity index (χ0v) is 11.8. The largest absolute Gasteiger partial charge is 0.378 e. The highest BCUT2D eigenvalue weighted by molar-refractivity contribution is 5.48. The number of nitrogens with zero attached hydrogens (tertiary/aromatic N) is 2. The number of anilines is 1. The minimum Gasteiger partial charge on any atom is -0.378 e. The number of aromatic nitrogens is 1. The highest BCUT2D eigenvalue weighted by atomic mass is 15.1. The monoisotopic (exact) mass is 255 g/mol. The molecule has 2 aromatic rings. The van der Waals surface area contributed by atoms with Crippen LogP contribution in [0.15, 0.2) is 48.7 Å². The molecule has 1 aromatic carbocycles. The Morgan fingerprint density at radius 2 is 2.00 bits per heavy atom. The number of benzene rings is 1. The molecule has 1 unspecified atom stereocenters. The van der Waals surface area contributed by atoms with Crippen LogP contribution in [0.1, 0.15) is 17.3 Å². The number of hydrogen-bond acceptors (Lipinski definition) is 3. The van der Waals surface area contributed by atoms with Gasteiger partial charge in [0.25, 0.3) is 0 Å². The molecule has 0 aliphatic carbocycles. The molecule has 1 aromatic heterocycles. The van der Waals surface area contributed by atoms with Gasteiger partial charge in [-0.1, -0.05) is 18.2 Å². The van der Waals surface area contributed by atoms with Gasteiger partial charge < -0.3 is 10.2 Å². The number of nitrogens with one attached hydrogen (secondary N) is 1. The van der Waals surface area contributed by atoms with Gasteiger partial charge in [0.15, 0.2) is 0 Å². The molecule has 3 nitrogen and oxygen atoms in total. The Labute approximate surface area is 115 Å². The van der Waals surface area contributed by atoms with E-state index in [-0.39, 0.29) is 6.04 Å². The molecule has 0 radical (unpaired) electrons.